The van der Waals surface area contributed by atoms with Crippen molar-refractivity contribution in [3.05, 3.63) is 48.4 Å². The summed E-state index contributed by atoms with van der Waals surface area (Å²) >= 11 is 1.31. The standard InChI is InChI=1S/C29H32F2N6O3S/c1-6-8-25(38)37(17(3)7-2)24-14-19(20-13-22(27(30)31)32-16-23(20)40-5)21(15-33-24)28(39)34-29-35-36(4)26(41-29)12-11-18-9-10-18/h6,13-18,26-27H,1,7-10H2,2-5H3,(H,34,35,39). The summed E-state index contributed by atoms with van der Waals surface area (Å²) < 4.78 is 32.8. The molecule has 41 heavy (non-hydrogen) atoms. The van der Waals surface area contributed by atoms with E-state index in [0.29, 0.717) is 17.5 Å². The molecule has 2 aromatic rings. The van der Waals surface area contributed by atoms with Crippen molar-refractivity contribution in [1.29, 1.82) is 0 Å². The van der Waals surface area contributed by atoms with Crippen LogP contribution in [0, 0.1) is 17.8 Å². The zero-order valence-electron chi connectivity index (χ0n) is 23.4. The second kappa shape index (κ2) is 13.1. The van der Waals surface area contributed by atoms with E-state index in [1.54, 1.807) is 12.1 Å². The summed E-state index contributed by atoms with van der Waals surface area (Å²) in [6.07, 6.45) is 4.07. The quantitative estimate of drug-likeness (QED) is 0.320. The first-order valence-corrected chi connectivity index (χ1v) is 14.1. The number of ether oxygens (including phenoxy) is 1. The molecule has 2 aromatic heterocycles. The smallest absolute Gasteiger partial charge is 0.280 e. The van der Waals surface area contributed by atoms with Crippen molar-refractivity contribution < 1.29 is 23.1 Å². The summed E-state index contributed by atoms with van der Waals surface area (Å²) in [5.74, 6) is 6.47. The van der Waals surface area contributed by atoms with Crippen molar-refractivity contribution in [3.8, 4) is 28.7 Å². The van der Waals surface area contributed by atoms with Gasteiger partial charge in [-0.05, 0) is 50.1 Å². The summed E-state index contributed by atoms with van der Waals surface area (Å²) in [5.41, 5.74) is 0.0484. The van der Waals surface area contributed by atoms with Crippen LogP contribution in [0.5, 0.6) is 5.75 Å². The van der Waals surface area contributed by atoms with Gasteiger partial charge in [-0.2, -0.15) is 5.10 Å². The molecule has 0 radical (unpaired) electrons. The topological polar surface area (TPSA) is 100 Å². The van der Waals surface area contributed by atoms with Crippen molar-refractivity contribution in [2.45, 2.75) is 57.4 Å². The molecule has 0 spiro atoms. The minimum atomic E-state index is -2.85. The third-order valence-corrected chi connectivity index (χ3v) is 7.70. The zero-order valence-corrected chi connectivity index (χ0v) is 24.2. The molecule has 9 nitrogen and oxygen atoms in total. The lowest BCUT2D eigenvalue weighted by Crippen LogP contribution is -2.39. The number of carbonyl (C=O) groups excluding carboxylic acids is 2. The van der Waals surface area contributed by atoms with Gasteiger partial charge in [-0.15, -0.1) is 6.58 Å². The van der Waals surface area contributed by atoms with Crippen LogP contribution in [0.3, 0.4) is 0 Å². The fraction of sp³-hybridized carbons (Fsp3) is 0.414. The molecule has 1 N–H and O–H groups in total. The number of aromatic nitrogens is 2. The number of hydrogen-bond acceptors (Lipinski definition) is 8. The maximum absolute atomic E-state index is 13.7. The Labute approximate surface area is 242 Å². The van der Waals surface area contributed by atoms with E-state index in [-0.39, 0.29) is 52.0 Å². The number of anilines is 1. The number of hydrogen-bond donors (Lipinski definition) is 1. The molecule has 2 amide bonds. The number of alkyl halides is 2. The summed E-state index contributed by atoms with van der Waals surface area (Å²) in [6.45, 7) is 7.46. The molecule has 1 aliphatic carbocycles. The Morgan fingerprint density at radius 3 is 2.66 bits per heavy atom. The van der Waals surface area contributed by atoms with Crippen molar-refractivity contribution in [2.24, 2.45) is 11.0 Å². The van der Waals surface area contributed by atoms with E-state index >= 15 is 0 Å². The van der Waals surface area contributed by atoms with E-state index in [1.165, 1.54) is 54.4 Å². The largest absolute Gasteiger partial charge is 0.494 e. The van der Waals surface area contributed by atoms with Crippen LogP contribution < -0.4 is 15.0 Å². The average molecular weight is 583 g/mol. The van der Waals surface area contributed by atoms with Gasteiger partial charge in [-0.1, -0.05) is 24.8 Å². The Hall–Kier alpha value is -3.98. The van der Waals surface area contributed by atoms with Gasteiger partial charge < -0.3 is 4.74 Å². The highest BCUT2D eigenvalue weighted by Crippen LogP contribution is 2.37. The number of nitrogens with one attached hydrogen (secondary N) is 1. The van der Waals surface area contributed by atoms with Crippen LogP contribution in [-0.4, -0.2) is 57.5 Å². The Bertz CT molecular complexity index is 1420. The lowest BCUT2D eigenvalue weighted by atomic mass is 9.99. The first kappa shape index (κ1) is 30.0. The number of carbonyl (C=O) groups is 2. The molecule has 0 bridgehead atoms. The normalized spacial score (nSPS) is 16.9. The maximum atomic E-state index is 13.7. The minimum absolute atomic E-state index is 0.0765. The predicted octanol–water partition coefficient (Wildman–Crippen LogP) is 5.22. The second-order valence-electron chi connectivity index (χ2n) is 9.68. The molecule has 1 fully saturated rings. The highest BCUT2D eigenvalue weighted by Gasteiger charge is 2.29. The molecule has 1 saturated carbocycles. The third-order valence-electron chi connectivity index (χ3n) is 6.64. The highest BCUT2D eigenvalue weighted by molar-refractivity contribution is 8.14. The first-order valence-electron chi connectivity index (χ1n) is 13.2. The Balaban J connectivity index is 1.76. The number of amidine groups is 1. The van der Waals surface area contributed by atoms with Crippen LogP contribution in [-0.2, 0) is 4.79 Å². The number of rotatable bonds is 9. The SMILES string of the molecule is C=CCC(=O)N(c1cc(-c2cc(C(F)F)ncc2OC)c(C(=O)NC2=NN(C)C(C#CC3CC3)S2)cn1)C(C)CC. The zero-order chi connectivity index (χ0) is 29.7. The number of halogens is 2. The summed E-state index contributed by atoms with van der Waals surface area (Å²) in [7, 11) is 3.16. The van der Waals surface area contributed by atoms with Crippen LogP contribution in [0.15, 0.2) is 42.3 Å². The molecule has 2 atom stereocenters. The van der Waals surface area contributed by atoms with Gasteiger partial charge in [0.05, 0.1) is 18.9 Å². The molecule has 216 valence electrons. The maximum Gasteiger partial charge on any atom is 0.280 e. The van der Waals surface area contributed by atoms with Crippen LogP contribution in [0.2, 0.25) is 0 Å². The number of amides is 2. The molecule has 3 heterocycles. The summed E-state index contributed by atoms with van der Waals surface area (Å²) in [4.78, 5) is 36.4. The lowest BCUT2D eigenvalue weighted by molar-refractivity contribution is -0.118. The van der Waals surface area contributed by atoms with Crippen LogP contribution >= 0.6 is 11.8 Å². The lowest BCUT2D eigenvalue weighted by Gasteiger charge is -2.28. The summed E-state index contributed by atoms with van der Waals surface area (Å²) in [5, 5.41) is 8.97. The van der Waals surface area contributed by atoms with Gasteiger partial charge in [-0.25, -0.2) is 13.8 Å². The third kappa shape index (κ3) is 7.03. The Morgan fingerprint density at radius 2 is 2.02 bits per heavy atom. The number of pyridine rings is 2. The van der Waals surface area contributed by atoms with Crippen molar-refractivity contribution in [2.75, 3.05) is 19.1 Å². The molecule has 2 aliphatic rings. The van der Waals surface area contributed by atoms with Gasteiger partial charge in [0.15, 0.2) is 10.5 Å². The monoisotopic (exact) mass is 582 g/mol. The van der Waals surface area contributed by atoms with Gasteiger partial charge in [0, 0.05) is 42.8 Å². The van der Waals surface area contributed by atoms with Crippen molar-refractivity contribution in [1.82, 2.24) is 20.3 Å². The van der Waals surface area contributed by atoms with Gasteiger partial charge in [0.1, 0.15) is 17.3 Å². The number of methoxy groups -OCH3 is 1. The molecular formula is C29H32F2N6O3S. The number of nitrogens with zero attached hydrogens (tertiary/aromatic N) is 5. The molecule has 12 heteroatoms. The minimum Gasteiger partial charge on any atom is -0.494 e. The number of thioether (sulfide) groups is 1. The highest BCUT2D eigenvalue weighted by atomic mass is 32.2. The van der Waals surface area contributed by atoms with E-state index < -0.39 is 18.0 Å². The van der Waals surface area contributed by atoms with Crippen molar-refractivity contribution in [3.63, 3.8) is 0 Å². The van der Waals surface area contributed by atoms with E-state index in [0.717, 1.165) is 12.8 Å². The fourth-order valence-corrected chi connectivity index (χ4v) is 4.96. The van der Waals surface area contributed by atoms with E-state index in [9.17, 15) is 18.4 Å². The van der Waals surface area contributed by atoms with Gasteiger partial charge in [0.2, 0.25) is 5.91 Å². The Morgan fingerprint density at radius 1 is 1.27 bits per heavy atom. The van der Waals surface area contributed by atoms with Gasteiger partial charge >= 0.3 is 0 Å². The molecule has 4 rings (SSSR count). The molecule has 0 aromatic carbocycles. The Kier molecular flexibility index (Phi) is 9.60. The molecule has 1 aliphatic heterocycles. The average Bonchev–Trinajstić information content (AvgIpc) is 3.72. The molecular weight excluding hydrogens is 550 g/mol. The van der Waals surface area contributed by atoms with Crippen LogP contribution in [0.4, 0.5) is 14.6 Å². The van der Waals surface area contributed by atoms with Gasteiger partial charge in [-0.3, -0.25) is 29.8 Å². The first-order chi connectivity index (χ1) is 19.7. The number of hydrazone groups is 1. The summed E-state index contributed by atoms with van der Waals surface area (Å²) in [6, 6.07) is 2.49. The molecule has 2 unspecified atom stereocenters. The predicted molar refractivity (Wildman–Crippen MR) is 156 cm³/mol. The van der Waals surface area contributed by atoms with Crippen LogP contribution in [0.1, 0.15) is 62.0 Å². The van der Waals surface area contributed by atoms with Gasteiger partial charge in [0.25, 0.3) is 12.3 Å². The van der Waals surface area contributed by atoms with Crippen molar-refractivity contribution >= 4 is 34.6 Å². The van der Waals surface area contributed by atoms with Crippen LogP contribution in [0.25, 0.3) is 11.1 Å². The second-order valence-corrected chi connectivity index (χ2v) is 10.7. The van der Waals surface area contributed by atoms with E-state index in [4.69, 9.17) is 4.74 Å². The molecule has 0 saturated heterocycles. The van der Waals surface area contributed by atoms with E-state index in [2.05, 4.69) is 38.8 Å². The van der Waals surface area contributed by atoms with E-state index in [1.807, 2.05) is 13.8 Å². The fourth-order valence-electron chi connectivity index (χ4n) is 4.09.